The maximum Gasteiger partial charge on any atom is 0.325 e. The minimum absolute atomic E-state index is 0.161. The lowest BCUT2D eigenvalue weighted by Crippen LogP contribution is -2.45. The van der Waals surface area contributed by atoms with Gasteiger partial charge in [0.25, 0.3) is 5.91 Å². The molecule has 9 nitrogen and oxygen atoms in total. The number of carbonyl (C=O) groups excluding carboxylic acids is 1. The number of likely N-dealkylation sites (N-methyl/N-ethyl adjacent to an activating group) is 1. The second kappa shape index (κ2) is 6.56. The zero-order valence-corrected chi connectivity index (χ0v) is 15.1. The van der Waals surface area contributed by atoms with Crippen LogP contribution in [0.4, 0.5) is 5.82 Å². The molecule has 0 unspecified atom stereocenters. The normalized spacial score (nSPS) is 18.1. The van der Waals surface area contributed by atoms with Gasteiger partial charge in [0.15, 0.2) is 5.82 Å². The Morgan fingerprint density at radius 1 is 1.12 bits per heavy atom. The number of hydrogen-bond donors (Lipinski definition) is 1. The zero-order chi connectivity index (χ0) is 18.3. The molecule has 4 rings (SSSR count). The molecule has 9 heteroatoms. The average Bonchev–Trinajstić information content (AvgIpc) is 2.99. The Bertz CT molecular complexity index is 879. The second-order valence-corrected chi connectivity index (χ2v) is 7.03. The molecule has 2 aliphatic rings. The van der Waals surface area contributed by atoms with Gasteiger partial charge in [-0.1, -0.05) is 0 Å². The van der Waals surface area contributed by atoms with Crippen LogP contribution in [-0.4, -0.2) is 75.2 Å². The molecular formula is C17H23N7O2. The van der Waals surface area contributed by atoms with E-state index in [1.165, 1.54) is 4.57 Å². The van der Waals surface area contributed by atoms with Crippen molar-refractivity contribution in [2.45, 2.75) is 13.0 Å². The lowest BCUT2D eigenvalue weighted by atomic mass is 10.1. The molecule has 138 valence electrons. The number of anilines is 1. The fourth-order valence-electron chi connectivity index (χ4n) is 3.45. The molecule has 26 heavy (non-hydrogen) atoms. The summed E-state index contributed by atoms with van der Waals surface area (Å²) in [5.41, 5.74) is 2.02. The van der Waals surface area contributed by atoms with Gasteiger partial charge in [0, 0.05) is 58.9 Å². The van der Waals surface area contributed by atoms with Crippen LogP contribution in [0.5, 0.6) is 0 Å². The first kappa shape index (κ1) is 16.8. The van der Waals surface area contributed by atoms with Crippen LogP contribution in [0.25, 0.3) is 0 Å². The van der Waals surface area contributed by atoms with E-state index >= 15 is 0 Å². The first-order valence-corrected chi connectivity index (χ1v) is 8.85. The molecule has 2 aliphatic heterocycles. The van der Waals surface area contributed by atoms with Crippen molar-refractivity contribution in [2.75, 3.05) is 44.7 Å². The number of amides is 1. The van der Waals surface area contributed by atoms with Gasteiger partial charge in [0.2, 0.25) is 0 Å². The summed E-state index contributed by atoms with van der Waals surface area (Å²) in [6, 6.07) is 2.06. The monoisotopic (exact) mass is 357 g/mol. The summed E-state index contributed by atoms with van der Waals surface area (Å²) in [6.07, 6.45) is 2.22. The third kappa shape index (κ3) is 3.10. The van der Waals surface area contributed by atoms with Gasteiger partial charge in [-0.3, -0.25) is 4.79 Å². The van der Waals surface area contributed by atoms with Gasteiger partial charge in [0.05, 0.1) is 5.69 Å². The fourth-order valence-corrected chi connectivity index (χ4v) is 3.45. The Morgan fingerprint density at radius 3 is 2.58 bits per heavy atom. The number of carbonyl (C=O) groups is 1. The molecular weight excluding hydrogens is 334 g/mol. The highest BCUT2D eigenvalue weighted by molar-refractivity contribution is 5.92. The van der Waals surface area contributed by atoms with Gasteiger partial charge >= 0.3 is 5.69 Å². The van der Waals surface area contributed by atoms with Gasteiger partial charge in [-0.05, 0) is 18.7 Å². The minimum atomic E-state index is -0.283. The van der Waals surface area contributed by atoms with Crippen molar-refractivity contribution in [2.24, 2.45) is 7.05 Å². The van der Waals surface area contributed by atoms with Crippen LogP contribution in [0, 0.1) is 0 Å². The largest absolute Gasteiger partial charge is 0.353 e. The van der Waals surface area contributed by atoms with Crippen LogP contribution in [0.3, 0.4) is 0 Å². The van der Waals surface area contributed by atoms with E-state index in [9.17, 15) is 9.59 Å². The quantitative estimate of drug-likeness (QED) is 0.776. The maximum absolute atomic E-state index is 12.7. The summed E-state index contributed by atoms with van der Waals surface area (Å²) in [5.74, 6) is 0.713. The average molecular weight is 357 g/mol. The molecule has 1 amide bonds. The lowest BCUT2D eigenvalue weighted by Gasteiger charge is -2.34. The summed E-state index contributed by atoms with van der Waals surface area (Å²) in [4.78, 5) is 33.2. The van der Waals surface area contributed by atoms with Crippen molar-refractivity contribution in [3.63, 3.8) is 0 Å². The molecule has 0 radical (unpaired) electrons. The Kier molecular flexibility index (Phi) is 4.23. The Morgan fingerprint density at radius 2 is 1.88 bits per heavy atom. The van der Waals surface area contributed by atoms with Crippen molar-refractivity contribution < 1.29 is 4.79 Å². The molecule has 0 spiro atoms. The van der Waals surface area contributed by atoms with Gasteiger partial charge in [-0.2, -0.15) is 5.10 Å². The molecule has 0 aromatic carbocycles. The summed E-state index contributed by atoms with van der Waals surface area (Å²) >= 11 is 0. The molecule has 0 atom stereocenters. The Labute approximate surface area is 151 Å². The summed E-state index contributed by atoms with van der Waals surface area (Å²) < 4.78 is 1.38. The number of aryl methyl sites for hydroxylation is 1. The highest BCUT2D eigenvalue weighted by atomic mass is 16.2. The number of hydrogen-bond acceptors (Lipinski definition) is 6. The van der Waals surface area contributed by atoms with E-state index in [2.05, 4.69) is 38.1 Å². The number of aromatic amines is 1. The molecule has 2 aromatic rings. The van der Waals surface area contributed by atoms with E-state index in [1.54, 1.807) is 18.1 Å². The van der Waals surface area contributed by atoms with Gasteiger partial charge < -0.3 is 24.3 Å². The van der Waals surface area contributed by atoms with Crippen LogP contribution >= 0.6 is 0 Å². The van der Waals surface area contributed by atoms with Crippen LogP contribution in [-0.2, 0) is 20.0 Å². The summed E-state index contributed by atoms with van der Waals surface area (Å²) in [5, 5.41) is 8.78. The molecule has 0 aliphatic carbocycles. The number of rotatable bonds is 2. The van der Waals surface area contributed by atoms with Crippen LogP contribution in [0.1, 0.15) is 21.7 Å². The third-order valence-corrected chi connectivity index (χ3v) is 5.16. The summed E-state index contributed by atoms with van der Waals surface area (Å²) in [7, 11) is 3.74. The van der Waals surface area contributed by atoms with Gasteiger partial charge in [-0.15, -0.1) is 5.10 Å². The highest BCUT2D eigenvalue weighted by Gasteiger charge is 2.26. The maximum atomic E-state index is 12.7. The number of H-pyrrole nitrogens is 1. The molecule has 4 heterocycles. The SMILES string of the molecule is CN1CCN(c2cc3c(nn2)CCN(C(=O)c2cn(C)c(=O)[nH]2)C3)CC1. The van der Waals surface area contributed by atoms with Gasteiger partial charge in [0.1, 0.15) is 5.69 Å². The number of piperazine rings is 1. The molecule has 1 fully saturated rings. The van der Waals surface area contributed by atoms with E-state index in [4.69, 9.17) is 0 Å². The van der Waals surface area contributed by atoms with Gasteiger partial charge in [-0.25, -0.2) is 4.79 Å². The molecule has 1 N–H and O–H groups in total. The summed E-state index contributed by atoms with van der Waals surface area (Å²) in [6.45, 7) is 4.93. The predicted octanol–water partition coefficient (Wildman–Crippen LogP) is -0.546. The van der Waals surface area contributed by atoms with E-state index < -0.39 is 0 Å². The topological polar surface area (TPSA) is 90.4 Å². The van der Waals surface area contributed by atoms with Crippen molar-refractivity contribution >= 4 is 11.7 Å². The van der Waals surface area contributed by atoms with E-state index in [0.29, 0.717) is 25.2 Å². The van der Waals surface area contributed by atoms with Crippen molar-refractivity contribution in [1.29, 1.82) is 0 Å². The van der Waals surface area contributed by atoms with E-state index in [0.717, 1.165) is 43.3 Å². The number of nitrogens with zero attached hydrogens (tertiary/aromatic N) is 6. The number of aromatic nitrogens is 4. The third-order valence-electron chi connectivity index (χ3n) is 5.16. The van der Waals surface area contributed by atoms with E-state index in [1.807, 2.05) is 0 Å². The minimum Gasteiger partial charge on any atom is -0.353 e. The number of fused-ring (bicyclic) bond motifs is 1. The fraction of sp³-hybridized carbons (Fsp3) is 0.529. The highest BCUT2D eigenvalue weighted by Crippen LogP contribution is 2.22. The predicted molar refractivity (Wildman–Crippen MR) is 96.2 cm³/mol. The second-order valence-electron chi connectivity index (χ2n) is 7.03. The number of nitrogens with one attached hydrogen (secondary N) is 1. The van der Waals surface area contributed by atoms with Crippen molar-refractivity contribution in [3.8, 4) is 0 Å². The molecule has 1 saturated heterocycles. The molecule has 2 aromatic heterocycles. The first-order chi connectivity index (χ1) is 12.5. The van der Waals surface area contributed by atoms with Crippen molar-refractivity contribution in [3.05, 3.63) is 39.7 Å². The lowest BCUT2D eigenvalue weighted by molar-refractivity contribution is 0.0727. The zero-order valence-electron chi connectivity index (χ0n) is 15.1. The Hall–Kier alpha value is -2.68. The van der Waals surface area contributed by atoms with Crippen molar-refractivity contribution in [1.82, 2.24) is 29.5 Å². The molecule has 0 saturated carbocycles. The van der Waals surface area contributed by atoms with Crippen LogP contribution in [0.2, 0.25) is 0 Å². The van der Waals surface area contributed by atoms with Crippen LogP contribution in [0.15, 0.2) is 17.1 Å². The van der Waals surface area contributed by atoms with Crippen LogP contribution < -0.4 is 10.6 Å². The Balaban J connectivity index is 1.53. The smallest absolute Gasteiger partial charge is 0.325 e. The van der Waals surface area contributed by atoms with E-state index in [-0.39, 0.29) is 11.6 Å². The first-order valence-electron chi connectivity index (χ1n) is 8.85. The molecule has 0 bridgehead atoms. The number of imidazole rings is 1. The standard InChI is InChI=1S/C17H23N7O2/c1-21-5-7-23(8-6-21)15-9-12-10-24(4-3-13(12)19-20-15)16(25)14-11-22(2)17(26)18-14/h9,11H,3-8,10H2,1-2H3,(H,18,26).